The molecule has 0 radical (unpaired) electrons. The zero-order valence-corrected chi connectivity index (χ0v) is 18.3. The molecule has 4 aromatic rings. The summed E-state index contributed by atoms with van der Waals surface area (Å²) < 4.78 is 8.12. The molecule has 1 fully saturated rings. The molecule has 7 heteroatoms. The van der Waals surface area contributed by atoms with E-state index in [2.05, 4.69) is 10.2 Å². The molecule has 2 heterocycles. The molecule has 0 saturated heterocycles. The molecule has 0 N–H and O–H groups in total. The Hall–Kier alpha value is -3.74. The number of aromatic nitrogens is 4. The maximum Gasteiger partial charge on any atom is 0.293 e. The molecule has 1 aliphatic rings. The predicted octanol–water partition coefficient (Wildman–Crippen LogP) is 3.97. The first kappa shape index (κ1) is 20.2. The number of carbonyl (C=O) groups is 1. The summed E-state index contributed by atoms with van der Waals surface area (Å²) in [6, 6.07) is 12.9. The van der Waals surface area contributed by atoms with Crippen LogP contribution in [-0.4, -0.2) is 32.5 Å². The van der Waals surface area contributed by atoms with Gasteiger partial charge >= 0.3 is 0 Å². The molecular formula is C25H24N4O3. The van der Waals surface area contributed by atoms with E-state index in [1.165, 1.54) is 10.2 Å². The number of aryl methyl sites for hydroxylation is 2. The van der Waals surface area contributed by atoms with Gasteiger partial charge in [0.15, 0.2) is 5.78 Å². The van der Waals surface area contributed by atoms with E-state index in [0.717, 1.165) is 35.2 Å². The molecule has 0 atom stereocenters. The summed E-state index contributed by atoms with van der Waals surface area (Å²) >= 11 is 0. The van der Waals surface area contributed by atoms with Gasteiger partial charge in [-0.2, -0.15) is 10.2 Å². The predicted molar refractivity (Wildman–Crippen MR) is 122 cm³/mol. The van der Waals surface area contributed by atoms with Crippen LogP contribution in [0.4, 0.5) is 0 Å². The van der Waals surface area contributed by atoms with Crippen molar-refractivity contribution in [3.63, 3.8) is 0 Å². The van der Waals surface area contributed by atoms with E-state index in [0.29, 0.717) is 22.7 Å². The van der Waals surface area contributed by atoms with Crippen molar-refractivity contribution in [3.8, 4) is 11.4 Å². The number of hydrogen-bond donors (Lipinski definition) is 0. The van der Waals surface area contributed by atoms with Gasteiger partial charge in [0.05, 0.1) is 24.7 Å². The van der Waals surface area contributed by atoms with E-state index >= 15 is 0 Å². The summed E-state index contributed by atoms with van der Waals surface area (Å²) in [6.45, 7) is 3.96. The van der Waals surface area contributed by atoms with Gasteiger partial charge in [-0.15, -0.1) is 0 Å². The zero-order valence-electron chi connectivity index (χ0n) is 18.3. The van der Waals surface area contributed by atoms with E-state index in [1.807, 2.05) is 32.0 Å². The molecule has 0 unspecified atom stereocenters. The van der Waals surface area contributed by atoms with Crippen LogP contribution in [0.2, 0.25) is 0 Å². The third kappa shape index (κ3) is 3.49. The van der Waals surface area contributed by atoms with Crippen LogP contribution in [0, 0.1) is 13.8 Å². The number of nitrogens with zero attached hydrogens (tertiary/aromatic N) is 4. The van der Waals surface area contributed by atoms with Crippen LogP contribution < -0.4 is 10.3 Å². The molecule has 162 valence electrons. The van der Waals surface area contributed by atoms with Gasteiger partial charge in [0, 0.05) is 16.9 Å². The van der Waals surface area contributed by atoms with Gasteiger partial charge < -0.3 is 4.74 Å². The summed E-state index contributed by atoms with van der Waals surface area (Å²) in [4.78, 5) is 26.4. The van der Waals surface area contributed by atoms with Crippen LogP contribution in [0.25, 0.3) is 16.6 Å². The second kappa shape index (κ2) is 7.75. The Kier molecular flexibility index (Phi) is 4.89. The van der Waals surface area contributed by atoms with E-state index < -0.39 is 0 Å². The maximum atomic E-state index is 13.5. The first-order chi connectivity index (χ1) is 15.5. The lowest BCUT2D eigenvalue weighted by Gasteiger charge is -2.11. The van der Waals surface area contributed by atoms with Gasteiger partial charge in [0.2, 0.25) is 0 Å². The van der Waals surface area contributed by atoms with E-state index in [1.54, 1.807) is 42.3 Å². The SMILES string of the molecule is COc1ccc(C(=O)Cn2nc(C3CC3)c3cnn(-c4ccc(C)c(C)c4)c3c2=O)cc1. The van der Waals surface area contributed by atoms with Crippen LogP contribution in [0.15, 0.2) is 53.5 Å². The third-order valence-electron chi connectivity index (χ3n) is 6.12. The third-order valence-corrected chi connectivity index (χ3v) is 6.12. The fraction of sp³-hybridized carbons (Fsp3) is 0.280. The van der Waals surface area contributed by atoms with Crippen molar-refractivity contribution in [2.45, 2.75) is 39.2 Å². The zero-order chi connectivity index (χ0) is 22.4. The number of fused-ring (bicyclic) bond motifs is 1. The van der Waals surface area contributed by atoms with Gasteiger partial charge in [-0.25, -0.2) is 9.36 Å². The lowest BCUT2D eigenvalue weighted by Crippen LogP contribution is -2.29. The standard InChI is InChI=1S/C25H24N4O3/c1-15-4-9-19(12-16(15)2)29-24-21(13-26-29)23(18-5-6-18)27-28(25(24)31)14-22(30)17-7-10-20(32-3)11-8-17/h4,7-13,18H,5-6,14H2,1-3H3. The van der Waals surface area contributed by atoms with Crippen molar-refractivity contribution in [1.29, 1.82) is 0 Å². The number of ketones is 1. The fourth-order valence-corrected chi connectivity index (χ4v) is 3.92. The summed E-state index contributed by atoms with van der Waals surface area (Å²) in [7, 11) is 1.58. The Labute approximate surface area is 185 Å². The van der Waals surface area contributed by atoms with E-state index in [9.17, 15) is 9.59 Å². The van der Waals surface area contributed by atoms with Crippen LogP contribution in [0.5, 0.6) is 5.75 Å². The summed E-state index contributed by atoms with van der Waals surface area (Å²) in [5.41, 5.74) is 4.62. The highest BCUT2D eigenvalue weighted by atomic mass is 16.5. The van der Waals surface area contributed by atoms with Gasteiger partial charge in [0.25, 0.3) is 5.56 Å². The molecule has 32 heavy (non-hydrogen) atoms. The summed E-state index contributed by atoms with van der Waals surface area (Å²) in [5, 5.41) is 9.90. The van der Waals surface area contributed by atoms with E-state index in [-0.39, 0.29) is 17.9 Å². The van der Waals surface area contributed by atoms with Crippen LogP contribution in [0.3, 0.4) is 0 Å². The van der Waals surface area contributed by atoms with Crippen molar-refractivity contribution < 1.29 is 9.53 Å². The largest absolute Gasteiger partial charge is 0.497 e. The average Bonchev–Trinajstić information content (AvgIpc) is 3.55. The molecular weight excluding hydrogens is 404 g/mol. The van der Waals surface area contributed by atoms with Gasteiger partial charge in [-0.3, -0.25) is 9.59 Å². The molecule has 2 aromatic carbocycles. The van der Waals surface area contributed by atoms with Crippen LogP contribution >= 0.6 is 0 Å². The topological polar surface area (TPSA) is 79.0 Å². The molecule has 7 nitrogen and oxygen atoms in total. The maximum absolute atomic E-state index is 13.5. The van der Waals surface area contributed by atoms with Gasteiger partial charge in [-0.1, -0.05) is 6.07 Å². The highest BCUT2D eigenvalue weighted by molar-refractivity contribution is 5.96. The summed E-state index contributed by atoms with van der Waals surface area (Å²) in [5.74, 6) is 0.796. The van der Waals surface area contributed by atoms with Crippen molar-refractivity contribution >= 4 is 16.7 Å². The Bertz CT molecular complexity index is 1400. The van der Waals surface area contributed by atoms with Crippen LogP contribution in [-0.2, 0) is 6.54 Å². The number of Topliss-reactive ketones (excluding diaryl/α,β-unsaturated/α-hetero) is 1. The lowest BCUT2D eigenvalue weighted by atomic mass is 10.1. The number of rotatable bonds is 6. The molecule has 0 bridgehead atoms. The quantitative estimate of drug-likeness (QED) is 0.434. The Morgan fingerprint density at radius 3 is 2.50 bits per heavy atom. The molecule has 2 aromatic heterocycles. The smallest absolute Gasteiger partial charge is 0.293 e. The monoisotopic (exact) mass is 428 g/mol. The Morgan fingerprint density at radius 2 is 1.84 bits per heavy atom. The highest BCUT2D eigenvalue weighted by Crippen LogP contribution is 2.41. The lowest BCUT2D eigenvalue weighted by molar-refractivity contribution is 0.0965. The number of ether oxygens (including phenoxy) is 1. The Balaban J connectivity index is 1.61. The van der Waals surface area contributed by atoms with Crippen molar-refractivity contribution in [2.75, 3.05) is 7.11 Å². The second-order valence-corrected chi connectivity index (χ2v) is 8.36. The second-order valence-electron chi connectivity index (χ2n) is 8.36. The van der Waals surface area contributed by atoms with Crippen molar-refractivity contribution in [3.05, 3.63) is 81.4 Å². The van der Waals surface area contributed by atoms with Gasteiger partial charge in [0.1, 0.15) is 17.8 Å². The minimum atomic E-state index is -0.318. The first-order valence-electron chi connectivity index (χ1n) is 10.7. The minimum Gasteiger partial charge on any atom is -0.497 e. The normalized spacial score (nSPS) is 13.5. The number of carbonyl (C=O) groups excluding carboxylic acids is 1. The van der Waals surface area contributed by atoms with Gasteiger partial charge in [-0.05, 0) is 74.2 Å². The first-order valence-corrected chi connectivity index (χ1v) is 10.7. The molecule has 0 aliphatic heterocycles. The highest BCUT2D eigenvalue weighted by Gasteiger charge is 2.30. The molecule has 1 saturated carbocycles. The minimum absolute atomic E-state index is 0.126. The number of methoxy groups -OCH3 is 1. The van der Waals surface area contributed by atoms with Crippen molar-refractivity contribution in [2.24, 2.45) is 0 Å². The molecule has 0 spiro atoms. The average molecular weight is 428 g/mol. The Morgan fingerprint density at radius 1 is 1.09 bits per heavy atom. The van der Waals surface area contributed by atoms with Crippen LogP contribution in [0.1, 0.15) is 45.9 Å². The molecule has 0 amide bonds. The molecule has 1 aliphatic carbocycles. The molecule has 5 rings (SSSR count). The van der Waals surface area contributed by atoms with Crippen molar-refractivity contribution in [1.82, 2.24) is 19.6 Å². The fourth-order valence-electron chi connectivity index (χ4n) is 3.92. The summed E-state index contributed by atoms with van der Waals surface area (Å²) in [6.07, 6.45) is 3.78. The number of hydrogen-bond acceptors (Lipinski definition) is 5. The number of benzene rings is 2. The van der Waals surface area contributed by atoms with E-state index in [4.69, 9.17) is 4.74 Å².